The first-order valence-electron chi connectivity index (χ1n) is 0.783. The van der Waals surface area contributed by atoms with Gasteiger partial charge in [-0.05, 0) is 0 Å². The van der Waals surface area contributed by atoms with Crippen LogP contribution in [0, 0.1) is 0 Å². The van der Waals surface area contributed by atoms with Gasteiger partial charge in [0.2, 0.25) is 0 Å². The van der Waals surface area contributed by atoms with E-state index < -0.39 is 7.82 Å². The van der Waals surface area contributed by atoms with Crippen LogP contribution in [0.5, 0.6) is 0 Å². The van der Waals surface area contributed by atoms with Crippen LogP contribution in [0.3, 0.4) is 0 Å². The van der Waals surface area contributed by atoms with Crippen molar-refractivity contribution in [3.63, 3.8) is 0 Å². The first-order chi connectivity index (χ1) is 2.00. The monoisotopic (exact) mass is 427 g/mol. The van der Waals surface area contributed by atoms with E-state index in [0.717, 1.165) is 0 Å². The summed E-state index contributed by atoms with van der Waals surface area (Å²) < 4.78 is 8.88. The Labute approximate surface area is 78.2 Å². The van der Waals surface area contributed by atoms with Crippen LogP contribution in [-0.2, 0) is 4.57 Å². The quantitative estimate of drug-likeness (QED) is 0.319. The average Bonchev–Trinajstić information content (AvgIpc) is 0.722. The second-order valence-electron chi connectivity index (χ2n) is 0.513. The standard InChI is InChI=1S/H3O4P.Pb.Sb/c1-5(2,3)4;;/h(H3,1,2,3,4);;. The maximum absolute atomic E-state index is 8.88. The molecule has 0 saturated carbocycles. The third-order valence-corrected chi connectivity index (χ3v) is 0. The van der Waals surface area contributed by atoms with E-state index in [1.54, 1.807) is 0 Å². The Morgan fingerprint density at radius 3 is 1.14 bits per heavy atom. The van der Waals surface area contributed by atoms with Crippen LogP contribution in [0.2, 0.25) is 0 Å². The largest absolute Gasteiger partial charge is 0.466 e. The fourth-order valence-corrected chi connectivity index (χ4v) is 0. The van der Waals surface area contributed by atoms with Gasteiger partial charge in [0.05, 0.1) is 0 Å². The summed E-state index contributed by atoms with van der Waals surface area (Å²) >= 11 is 0. The topological polar surface area (TPSA) is 77.8 Å². The molecule has 0 amide bonds. The molecule has 0 bridgehead atoms. The molecule has 0 saturated heterocycles. The zero-order valence-corrected chi connectivity index (χ0v) is 10.5. The third kappa shape index (κ3) is 78.5. The maximum Gasteiger partial charge on any atom is 0.466 e. The van der Waals surface area contributed by atoms with Crippen molar-refractivity contribution in [2.45, 2.75) is 0 Å². The molecule has 4 nitrogen and oxygen atoms in total. The Hall–Kier alpha value is 1.85. The molecule has 7 heteroatoms. The number of hydrogen-bond acceptors (Lipinski definition) is 1. The van der Waals surface area contributed by atoms with Crippen molar-refractivity contribution in [3.05, 3.63) is 0 Å². The van der Waals surface area contributed by atoms with Crippen molar-refractivity contribution in [2.75, 3.05) is 0 Å². The molecule has 0 atom stereocenters. The summed E-state index contributed by atoms with van der Waals surface area (Å²) in [6.07, 6.45) is 0. The summed E-state index contributed by atoms with van der Waals surface area (Å²) in [5.41, 5.74) is 0. The molecule has 7 radical (unpaired) electrons. The van der Waals surface area contributed by atoms with Gasteiger partial charge in [0.1, 0.15) is 0 Å². The molecule has 0 fully saturated rings. The molecule has 0 aliphatic rings. The normalized spacial score (nSPS) is 8.43. The van der Waals surface area contributed by atoms with Gasteiger partial charge >= 0.3 is 7.82 Å². The molecule has 3 N–H and O–H groups in total. The molecule has 0 unspecified atom stereocenters. The molecule has 0 spiro atoms. The van der Waals surface area contributed by atoms with Crippen molar-refractivity contribution in [2.24, 2.45) is 0 Å². The van der Waals surface area contributed by atoms with Crippen LogP contribution in [0.1, 0.15) is 0 Å². The molecule has 0 aliphatic carbocycles. The second-order valence-corrected chi connectivity index (χ2v) is 1.54. The minimum atomic E-state index is -4.64. The second kappa shape index (κ2) is 5.98. The zero-order valence-electron chi connectivity index (χ0n) is 3.14. The van der Waals surface area contributed by atoms with Crippen molar-refractivity contribution in [1.82, 2.24) is 0 Å². The van der Waals surface area contributed by atoms with E-state index in [9.17, 15) is 0 Å². The fraction of sp³-hybridized carbons (Fsp3) is 0. The van der Waals surface area contributed by atoms with E-state index in [1.807, 2.05) is 0 Å². The maximum atomic E-state index is 8.88. The molecule has 0 aromatic carbocycles. The van der Waals surface area contributed by atoms with Crippen molar-refractivity contribution < 1.29 is 19.2 Å². The van der Waals surface area contributed by atoms with E-state index in [0.29, 0.717) is 0 Å². The van der Waals surface area contributed by atoms with Crippen LogP contribution in [-0.4, -0.2) is 66.4 Å². The minimum Gasteiger partial charge on any atom is -0.303 e. The number of rotatable bonds is 0. The summed E-state index contributed by atoms with van der Waals surface area (Å²) in [4.78, 5) is 21.6. The fourth-order valence-electron chi connectivity index (χ4n) is 0. The Bertz CT molecular complexity index is 57.8. The Morgan fingerprint density at radius 1 is 1.14 bits per heavy atom. The summed E-state index contributed by atoms with van der Waals surface area (Å²) in [7, 11) is -4.64. The van der Waals surface area contributed by atoms with Gasteiger partial charge < -0.3 is 14.7 Å². The number of hydrogen-bond donors (Lipinski definition) is 3. The minimum absolute atomic E-state index is 0. The van der Waals surface area contributed by atoms with Gasteiger partial charge in [0.25, 0.3) is 0 Å². The van der Waals surface area contributed by atoms with Crippen LogP contribution in [0.25, 0.3) is 0 Å². The molecular formula is H3O4PPbSb. The Balaban J connectivity index is -0.0000000800. The first-order valence-corrected chi connectivity index (χ1v) is 2.35. The summed E-state index contributed by atoms with van der Waals surface area (Å²) in [5, 5.41) is 0. The van der Waals surface area contributed by atoms with Gasteiger partial charge in [-0.25, -0.2) is 4.57 Å². The van der Waals surface area contributed by atoms with E-state index in [4.69, 9.17) is 19.2 Å². The smallest absolute Gasteiger partial charge is 0.303 e. The molecule has 0 aliphatic heterocycles. The average molecular weight is 427 g/mol. The van der Waals surface area contributed by atoms with Gasteiger partial charge in [-0.15, -0.1) is 0 Å². The van der Waals surface area contributed by atoms with Gasteiger partial charge in [0.15, 0.2) is 0 Å². The van der Waals surface area contributed by atoms with Gasteiger partial charge in [-0.3, -0.25) is 0 Å². The van der Waals surface area contributed by atoms with Crippen molar-refractivity contribution in [3.8, 4) is 0 Å². The predicted octanol–water partition coefficient (Wildman–Crippen LogP) is -1.69. The van der Waals surface area contributed by atoms with Gasteiger partial charge in [-0.1, -0.05) is 0 Å². The SMILES string of the molecule is O=P(O)(O)O.[Pb].[Sb]. The summed E-state index contributed by atoms with van der Waals surface area (Å²) in [6, 6.07) is 0. The molecule has 0 heterocycles. The molecule has 41 valence electrons. The zero-order chi connectivity index (χ0) is 4.50. The van der Waals surface area contributed by atoms with E-state index in [-0.39, 0.29) is 51.7 Å². The number of phosphoric acid groups is 1. The summed E-state index contributed by atoms with van der Waals surface area (Å²) in [6.45, 7) is 0. The van der Waals surface area contributed by atoms with Crippen molar-refractivity contribution >= 4 is 59.5 Å². The van der Waals surface area contributed by atoms with Crippen LogP contribution in [0.15, 0.2) is 0 Å². The van der Waals surface area contributed by atoms with Crippen LogP contribution < -0.4 is 0 Å². The van der Waals surface area contributed by atoms with Crippen LogP contribution >= 0.6 is 7.82 Å². The van der Waals surface area contributed by atoms with Gasteiger partial charge in [0, 0.05) is 51.7 Å². The van der Waals surface area contributed by atoms with E-state index in [2.05, 4.69) is 0 Å². The van der Waals surface area contributed by atoms with Crippen LogP contribution in [0.4, 0.5) is 0 Å². The van der Waals surface area contributed by atoms with Crippen molar-refractivity contribution in [1.29, 1.82) is 0 Å². The van der Waals surface area contributed by atoms with Gasteiger partial charge in [-0.2, -0.15) is 0 Å². The molecule has 7 heavy (non-hydrogen) atoms. The summed E-state index contributed by atoms with van der Waals surface area (Å²) in [5.74, 6) is 0. The molecular weight excluding hydrogens is 424 g/mol. The van der Waals surface area contributed by atoms with E-state index >= 15 is 0 Å². The molecule has 0 rings (SSSR count). The van der Waals surface area contributed by atoms with E-state index in [1.165, 1.54) is 0 Å². The molecule has 0 aromatic rings. The third-order valence-electron chi connectivity index (χ3n) is 0. The first kappa shape index (κ1) is 15.9. The predicted molar refractivity (Wildman–Crippen MR) is 25.8 cm³/mol. The Kier molecular flexibility index (Phi) is 13.6. The Morgan fingerprint density at radius 2 is 1.14 bits per heavy atom. The molecule has 0 aromatic heterocycles.